The number of urea groups is 1. The minimum absolute atomic E-state index is 0.215. The topological polar surface area (TPSA) is 59.6 Å². The summed E-state index contributed by atoms with van der Waals surface area (Å²) in [5, 5.41) is 5.45. The number of nitrogens with one attached hydrogen (secondary N) is 2. The van der Waals surface area contributed by atoms with Crippen LogP contribution in [-0.4, -0.2) is 12.8 Å². The summed E-state index contributed by atoms with van der Waals surface area (Å²) in [6.45, 7) is 2.29. The third kappa shape index (κ3) is 3.53. The second-order valence-corrected chi connectivity index (χ2v) is 5.26. The Morgan fingerprint density at radius 3 is 2.83 bits per heavy atom. The lowest BCUT2D eigenvalue weighted by molar-refractivity contribution is 0.174. The number of ether oxygens (including phenoxy) is 2. The van der Waals surface area contributed by atoms with Crippen molar-refractivity contribution in [2.45, 2.75) is 19.5 Å². The predicted molar refractivity (Wildman–Crippen MR) is 82.8 cm³/mol. The summed E-state index contributed by atoms with van der Waals surface area (Å²) < 4.78 is 24.2. The summed E-state index contributed by atoms with van der Waals surface area (Å²) in [4.78, 5) is 11.9. The third-order valence-corrected chi connectivity index (χ3v) is 3.61. The Hall–Kier alpha value is -2.76. The molecule has 6 heteroatoms. The van der Waals surface area contributed by atoms with Gasteiger partial charge in [-0.2, -0.15) is 0 Å². The molecule has 23 heavy (non-hydrogen) atoms. The summed E-state index contributed by atoms with van der Waals surface area (Å²) in [6.07, 6.45) is 0. The van der Waals surface area contributed by atoms with Crippen LogP contribution in [0.3, 0.4) is 0 Å². The third-order valence-electron chi connectivity index (χ3n) is 3.61. The average molecular weight is 316 g/mol. The largest absolute Gasteiger partial charge is 0.454 e. The molecule has 2 N–H and O–H groups in total. The molecule has 2 aromatic carbocycles. The van der Waals surface area contributed by atoms with E-state index >= 15 is 0 Å². The number of amides is 2. The number of fused-ring (bicyclic) bond motifs is 1. The highest BCUT2D eigenvalue weighted by Crippen LogP contribution is 2.32. The van der Waals surface area contributed by atoms with Crippen molar-refractivity contribution in [3.63, 3.8) is 0 Å². The minimum atomic E-state index is -0.423. The summed E-state index contributed by atoms with van der Waals surface area (Å²) in [7, 11) is 0. The molecule has 0 saturated heterocycles. The highest BCUT2D eigenvalue weighted by Gasteiger charge is 2.15. The molecule has 1 heterocycles. The Morgan fingerprint density at radius 2 is 2.00 bits per heavy atom. The molecular weight excluding hydrogens is 299 g/mol. The molecule has 5 nitrogen and oxygen atoms in total. The molecule has 0 bridgehead atoms. The van der Waals surface area contributed by atoms with Gasteiger partial charge in [0.05, 0.1) is 6.04 Å². The van der Waals surface area contributed by atoms with Crippen LogP contribution in [0.2, 0.25) is 0 Å². The fourth-order valence-electron chi connectivity index (χ4n) is 2.38. The van der Waals surface area contributed by atoms with Gasteiger partial charge in [-0.1, -0.05) is 24.3 Å². The first kappa shape index (κ1) is 15.1. The zero-order valence-corrected chi connectivity index (χ0v) is 12.6. The molecular formula is C17H17FN2O3. The Balaban J connectivity index is 1.54. The first-order chi connectivity index (χ1) is 11.1. The van der Waals surface area contributed by atoms with E-state index < -0.39 is 6.04 Å². The first-order valence-electron chi connectivity index (χ1n) is 7.31. The van der Waals surface area contributed by atoms with Crippen molar-refractivity contribution in [3.8, 4) is 11.5 Å². The summed E-state index contributed by atoms with van der Waals surface area (Å²) in [6, 6.07) is 11.1. The molecule has 1 aliphatic rings. The number of hydrogen-bond donors (Lipinski definition) is 2. The molecule has 120 valence electrons. The smallest absolute Gasteiger partial charge is 0.315 e. The Labute approximate surface area is 133 Å². The Morgan fingerprint density at radius 1 is 1.22 bits per heavy atom. The lowest BCUT2D eigenvalue weighted by atomic mass is 10.1. The van der Waals surface area contributed by atoms with E-state index in [-0.39, 0.29) is 18.6 Å². The molecule has 3 rings (SSSR count). The van der Waals surface area contributed by atoms with Crippen LogP contribution in [0, 0.1) is 5.82 Å². The predicted octanol–water partition coefficient (Wildman–Crippen LogP) is 3.11. The van der Waals surface area contributed by atoms with Crippen molar-refractivity contribution in [2.24, 2.45) is 0 Å². The van der Waals surface area contributed by atoms with Gasteiger partial charge in [0, 0.05) is 12.1 Å². The van der Waals surface area contributed by atoms with Crippen molar-refractivity contribution in [1.29, 1.82) is 0 Å². The molecule has 0 spiro atoms. The van der Waals surface area contributed by atoms with Gasteiger partial charge in [0.2, 0.25) is 6.79 Å². The number of carbonyl (C=O) groups excluding carboxylic acids is 1. The summed E-state index contributed by atoms with van der Waals surface area (Å²) >= 11 is 0. The van der Waals surface area contributed by atoms with Gasteiger partial charge < -0.3 is 20.1 Å². The fourth-order valence-corrected chi connectivity index (χ4v) is 2.38. The zero-order chi connectivity index (χ0) is 16.2. The van der Waals surface area contributed by atoms with Crippen LogP contribution < -0.4 is 20.1 Å². The number of rotatable bonds is 4. The van der Waals surface area contributed by atoms with Gasteiger partial charge in [-0.15, -0.1) is 0 Å². The van der Waals surface area contributed by atoms with E-state index in [4.69, 9.17) is 9.47 Å². The zero-order valence-electron chi connectivity index (χ0n) is 12.6. The Kier molecular flexibility index (Phi) is 4.32. The molecule has 0 unspecified atom stereocenters. The van der Waals surface area contributed by atoms with Crippen LogP contribution in [0.15, 0.2) is 42.5 Å². The van der Waals surface area contributed by atoms with Gasteiger partial charge in [-0.25, -0.2) is 9.18 Å². The van der Waals surface area contributed by atoms with Gasteiger partial charge >= 0.3 is 6.03 Å². The quantitative estimate of drug-likeness (QED) is 0.911. The summed E-state index contributed by atoms with van der Waals surface area (Å²) in [5.74, 6) is 1.03. The number of hydrogen-bond acceptors (Lipinski definition) is 3. The molecule has 0 fully saturated rings. The second kappa shape index (κ2) is 6.56. The van der Waals surface area contributed by atoms with E-state index in [2.05, 4.69) is 10.6 Å². The molecule has 2 aromatic rings. The van der Waals surface area contributed by atoms with Crippen molar-refractivity contribution in [3.05, 3.63) is 59.4 Å². The lowest BCUT2D eigenvalue weighted by Crippen LogP contribution is -2.36. The summed E-state index contributed by atoms with van der Waals surface area (Å²) in [5.41, 5.74) is 1.34. The number of carbonyl (C=O) groups is 1. The molecule has 0 radical (unpaired) electrons. The van der Waals surface area contributed by atoms with E-state index in [1.54, 1.807) is 31.2 Å². The SMILES string of the molecule is C[C@H](NC(=O)NCc1ccc2c(c1)OCO2)c1ccccc1F. The molecule has 0 aliphatic carbocycles. The maximum Gasteiger partial charge on any atom is 0.315 e. The van der Waals surface area contributed by atoms with E-state index in [0.29, 0.717) is 23.6 Å². The van der Waals surface area contributed by atoms with Crippen molar-refractivity contribution in [2.75, 3.05) is 6.79 Å². The van der Waals surface area contributed by atoms with E-state index in [1.165, 1.54) is 6.07 Å². The highest BCUT2D eigenvalue weighted by atomic mass is 19.1. The highest BCUT2D eigenvalue weighted by molar-refractivity contribution is 5.74. The van der Waals surface area contributed by atoms with Crippen LogP contribution in [0.4, 0.5) is 9.18 Å². The van der Waals surface area contributed by atoms with Crippen LogP contribution in [0.1, 0.15) is 24.1 Å². The fraction of sp³-hybridized carbons (Fsp3) is 0.235. The number of benzene rings is 2. The van der Waals surface area contributed by atoms with Crippen molar-refractivity contribution in [1.82, 2.24) is 10.6 Å². The monoisotopic (exact) mass is 316 g/mol. The van der Waals surface area contributed by atoms with E-state index in [1.807, 2.05) is 12.1 Å². The lowest BCUT2D eigenvalue weighted by Gasteiger charge is -2.15. The molecule has 2 amide bonds. The van der Waals surface area contributed by atoms with Gasteiger partial charge in [-0.3, -0.25) is 0 Å². The average Bonchev–Trinajstić information content (AvgIpc) is 3.01. The molecule has 0 aromatic heterocycles. The molecule has 1 atom stereocenters. The maximum atomic E-state index is 13.7. The molecule has 0 saturated carbocycles. The minimum Gasteiger partial charge on any atom is -0.454 e. The van der Waals surface area contributed by atoms with Crippen molar-refractivity contribution < 1.29 is 18.7 Å². The van der Waals surface area contributed by atoms with Gasteiger partial charge in [0.1, 0.15) is 5.82 Å². The van der Waals surface area contributed by atoms with Crippen LogP contribution in [0.25, 0.3) is 0 Å². The first-order valence-corrected chi connectivity index (χ1v) is 7.31. The van der Waals surface area contributed by atoms with Crippen LogP contribution >= 0.6 is 0 Å². The van der Waals surface area contributed by atoms with Gasteiger partial charge in [0.15, 0.2) is 11.5 Å². The van der Waals surface area contributed by atoms with Gasteiger partial charge in [-0.05, 0) is 30.7 Å². The number of halogens is 1. The van der Waals surface area contributed by atoms with Gasteiger partial charge in [0.25, 0.3) is 0 Å². The molecule has 1 aliphatic heterocycles. The maximum absolute atomic E-state index is 13.7. The Bertz CT molecular complexity index is 721. The van der Waals surface area contributed by atoms with E-state index in [9.17, 15) is 9.18 Å². The van der Waals surface area contributed by atoms with Crippen LogP contribution in [0.5, 0.6) is 11.5 Å². The normalized spacial score (nSPS) is 13.5. The van der Waals surface area contributed by atoms with E-state index in [0.717, 1.165) is 5.56 Å². The van der Waals surface area contributed by atoms with Crippen LogP contribution in [-0.2, 0) is 6.54 Å². The second-order valence-electron chi connectivity index (χ2n) is 5.26. The standard InChI is InChI=1S/C17H17FN2O3/c1-11(13-4-2-3-5-14(13)18)20-17(21)19-9-12-6-7-15-16(8-12)23-10-22-15/h2-8,11H,9-10H2,1H3,(H2,19,20,21)/t11-/m0/s1. The van der Waals surface area contributed by atoms with Crippen molar-refractivity contribution >= 4 is 6.03 Å².